The van der Waals surface area contributed by atoms with E-state index in [1.807, 2.05) is 48.6 Å². The molecule has 2 aliphatic rings. The zero-order valence-corrected chi connectivity index (χ0v) is 16.9. The Bertz CT molecular complexity index is 833. The first-order valence-corrected chi connectivity index (χ1v) is 10.4. The second-order valence-electron chi connectivity index (χ2n) is 7.84. The number of nitrogens with one attached hydrogen (secondary N) is 1. The van der Waals surface area contributed by atoms with Gasteiger partial charge in [0.2, 0.25) is 5.91 Å². The highest BCUT2D eigenvalue weighted by atomic mass is 16.4. The highest BCUT2D eigenvalue weighted by molar-refractivity contribution is 5.88. The predicted octanol–water partition coefficient (Wildman–Crippen LogP) is 2.59. The number of carboxylic acids is 2. The number of allylic oxidation sites excluding steroid dienone is 4. The molecule has 1 amide bonds. The van der Waals surface area contributed by atoms with Crippen LogP contribution in [-0.4, -0.2) is 51.6 Å². The highest BCUT2D eigenvalue weighted by Gasteiger charge is 2.35. The topological polar surface area (TPSA) is 107 Å². The molecule has 0 spiro atoms. The molecule has 30 heavy (non-hydrogen) atoms. The van der Waals surface area contributed by atoms with E-state index in [1.54, 1.807) is 0 Å². The summed E-state index contributed by atoms with van der Waals surface area (Å²) >= 11 is 0. The number of aryl methyl sites for hydroxylation is 1. The second-order valence-corrected chi connectivity index (χ2v) is 7.84. The summed E-state index contributed by atoms with van der Waals surface area (Å²) in [5.41, 5.74) is 1.75. The fourth-order valence-electron chi connectivity index (χ4n) is 4.19. The van der Waals surface area contributed by atoms with Crippen LogP contribution < -0.4 is 5.32 Å². The fraction of sp³-hybridized carbons (Fsp3) is 0.435. The van der Waals surface area contributed by atoms with Crippen molar-refractivity contribution in [3.63, 3.8) is 0 Å². The van der Waals surface area contributed by atoms with E-state index in [1.165, 1.54) is 4.90 Å². The van der Waals surface area contributed by atoms with Crippen molar-refractivity contribution in [1.82, 2.24) is 10.2 Å². The molecule has 3 unspecified atom stereocenters. The number of carboxylic acid groups (broad SMARTS) is 2. The van der Waals surface area contributed by atoms with Crippen LogP contribution in [0.3, 0.4) is 0 Å². The monoisotopic (exact) mass is 412 g/mol. The third kappa shape index (κ3) is 5.57. The van der Waals surface area contributed by atoms with Crippen LogP contribution in [-0.2, 0) is 20.8 Å². The van der Waals surface area contributed by atoms with Crippen molar-refractivity contribution in [2.45, 2.75) is 50.6 Å². The van der Waals surface area contributed by atoms with Gasteiger partial charge in [0.25, 0.3) is 0 Å². The van der Waals surface area contributed by atoms with Crippen LogP contribution in [0.4, 0.5) is 0 Å². The molecule has 3 N–H and O–H groups in total. The minimum atomic E-state index is -1.09. The maximum atomic E-state index is 13.3. The Morgan fingerprint density at radius 2 is 1.93 bits per heavy atom. The first-order valence-electron chi connectivity index (χ1n) is 10.4. The molecular formula is C23H28N2O5. The van der Waals surface area contributed by atoms with Gasteiger partial charge in [0.15, 0.2) is 0 Å². The normalized spacial score (nSPS) is 22.5. The number of likely N-dealkylation sites (tertiary alicyclic amines) is 1. The van der Waals surface area contributed by atoms with Gasteiger partial charge in [0.1, 0.15) is 12.6 Å². The number of rotatable bonds is 8. The van der Waals surface area contributed by atoms with Crippen molar-refractivity contribution in [3.05, 3.63) is 59.8 Å². The van der Waals surface area contributed by atoms with Crippen molar-refractivity contribution < 1.29 is 24.6 Å². The fourth-order valence-corrected chi connectivity index (χ4v) is 4.19. The van der Waals surface area contributed by atoms with E-state index >= 15 is 0 Å². The summed E-state index contributed by atoms with van der Waals surface area (Å²) in [5, 5.41) is 22.1. The molecule has 1 fully saturated rings. The number of carbonyl (C=O) groups is 3. The molecule has 0 aromatic heterocycles. The lowest BCUT2D eigenvalue weighted by Gasteiger charge is -2.36. The van der Waals surface area contributed by atoms with Gasteiger partial charge in [-0.05, 0) is 43.7 Å². The largest absolute Gasteiger partial charge is 0.480 e. The van der Waals surface area contributed by atoms with Crippen molar-refractivity contribution >= 4 is 17.8 Å². The van der Waals surface area contributed by atoms with E-state index in [4.69, 9.17) is 0 Å². The quantitative estimate of drug-likeness (QED) is 0.606. The van der Waals surface area contributed by atoms with Gasteiger partial charge in [-0.1, -0.05) is 48.9 Å². The van der Waals surface area contributed by atoms with E-state index < -0.39 is 30.6 Å². The maximum Gasteiger partial charge on any atom is 0.323 e. The minimum Gasteiger partial charge on any atom is -0.480 e. The van der Waals surface area contributed by atoms with Crippen LogP contribution in [0.25, 0.3) is 0 Å². The summed E-state index contributed by atoms with van der Waals surface area (Å²) in [5.74, 6) is -2.35. The molecule has 0 bridgehead atoms. The zero-order valence-electron chi connectivity index (χ0n) is 16.9. The lowest BCUT2D eigenvalue weighted by molar-refractivity contribution is -0.145. The summed E-state index contributed by atoms with van der Waals surface area (Å²) in [6.07, 6.45) is 9.46. The molecule has 0 saturated carbocycles. The Kier molecular flexibility index (Phi) is 7.41. The third-order valence-electron chi connectivity index (χ3n) is 5.72. The molecule has 1 heterocycles. The van der Waals surface area contributed by atoms with E-state index in [9.17, 15) is 24.6 Å². The molecule has 1 aromatic carbocycles. The first-order chi connectivity index (χ1) is 14.5. The van der Waals surface area contributed by atoms with Gasteiger partial charge in [-0.25, -0.2) is 0 Å². The van der Waals surface area contributed by atoms with E-state index in [2.05, 4.69) is 5.32 Å². The van der Waals surface area contributed by atoms with Crippen LogP contribution in [0.15, 0.2) is 54.3 Å². The van der Waals surface area contributed by atoms with E-state index in [-0.39, 0.29) is 11.8 Å². The van der Waals surface area contributed by atoms with Gasteiger partial charge in [0.05, 0.1) is 6.04 Å². The van der Waals surface area contributed by atoms with Crippen LogP contribution >= 0.6 is 0 Å². The molecule has 160 valence electrons. The van der Waals surface area contributed by atoms with E-state index in [0.29, 0.717) is 25.0 Å². The molecule has 7 nitrogen and oxygen atoms in total. The molecule has 1 aliphatic carbocycles. The van der Waals surface area contributed by atoms with Gasteiger partial charge < -0.3 is 15.1 Å². The molecule has 1 saturated heterocycles. The van der Waals surface area contributed by atoms with Crippen molar-refractivity contribution in [2.24, 2.45) is 5.92 Å². The van der Waals surface area contributed by atoms with Crippen LogP contribution in [0.1, 0.15) is 37.7 Å². The average Bonchev–Trinajstić information content (AvgIpc) is 2.73. The smallest absolute Gasteiger partial charge is 0.323 e. The molecule has 3 atom stereocenters. The molecule has 1 aromatic rings. The van der Waals surface area contributed by atoms with Crippen molar-refractivity contribution in [2.75, 3.05) is 6.54 Å². The van der Waals surface area contributed by atoms with Crippen molar-refractivity contribution in [1.29, 1.82) is 0 Å². The summed E-state index contributed by atoms with van der Waals surface area (Å²) in [6, 6.07) is 7.99. The lowest BCUT2D eigenvalue weighted by Crippen LogP contribution is -2.54. The van der Waals surface area contributed by atoms with Crippen molar-refractivity contribution in [3.8, 4) is 0 Å². The maximum absolute atomic E-state index is 13.3. The van der Waals surface area contributed by atoms with Gasteiger partial charge in [0, 0.05) is 11.6 Å². The van der Waals surface area contributed by atoms with Gasteiger partial charge in [-0.2, -0.15) is 0 Å². The predicted molar refractivity (Wildman–Crippen MR) is 112 cm³/mol. The number of hydrogen-bond acceptors (Lipinski definition) is 4. The summed E-state index contributed by atoms with van der Waals surface area (Å²) in [7, 11) is 0. The Morgan fingerprint density at radius 1 is 1.17 bits per heavy atom. The van der Waals surface area contributed by atoms with Gasteiger partial charge in [-0.3, -0.25) is 19.7 Å². The average molecular weight is 412 g/mol. The molecule has 3 rings (SSSR count). The molecule has 0 radical (unpaired) electrons. The van der Waals surface area contributed by atoms with Crippen LogP contribution in [0.2, 0.25) is 0 Å². The molecular weight excluding hydrogens is 384 g/mol. The van der Waals surface area contributed by atoms with Gasteiger partial charge in [-0.15, -0.1) is 0 Å². The number of nitrogens with zero attached hydrogens (tertiary/aromatic N) is 1. The Morgan fingerprint density at radius 3 is 2.63 bits per heavy atom. The summed E-state index contributed by atoms with van der Waals surface area (Å²) in [4.78, 5) is 37.9. The van der Waals surface area contributed by atoms with Gasteiger partial charge >= 0.3 is 11.9 Å². The number of carbonyl (C=O) groups excluding carboxylic acids is 1. The zero-order chi connectivity index (χ0) is 21.5. The standard InChI is InChI=1S/C23H28N2O5/c26-21(27)15-25-20-12-5-4-9-17(20)10-6-11-18(22(25)28)24-19(23(29)30)14-13-16-7-2-1-3-8-16/h1-5,7-8,12,17-19,24H,6,9-11,13-15H2,(H,26,27)(H,29,30). The summed E-state index contributed by atoms with van der Waals surface area (Å²) < 4.78 is 0. The number of hydrogen-bond donors (Lipinski definition) is 3. The first kappa shape index (κ1) is 21.8. The number of aliphatic carboxylic acids is 2. The summed E-state index contributed by atoms with van der Waals surface area (Å²) in [6.45, 7) is -0.422. The van der Waals surface area contributed by atoms with Crippen LogP contribution in [0, 0.1) is 5.92 Å². The Balaban J connectivity index is 1.75. The highest BCUT2D eigenvalue weighted by Crippen LogP contribution is 2.31. The third-order valence-corrected chi connectivity index (χ3v) is 5.72. The Hall–Kier alpha value is -2.93. The Labute approximate surface area is 176 Å². The van der Waals surface area contributed by atoms with E-state index in [0.717, 1.165) is 24.8 Å². The number of amides is 1. The SMILES string of the molecule is O=C(O)CN1C(=O)C(NC(CCc2ccccc2)C(=O)O)CCCC2CC=CC=C21. The second kappa shape index (κ2) is 10.2. The number of fused-ring (bicyclic) bond motifs is 1. The molecule has 1 aliphatic heterocycles. The molecule has 7 heteroatoms. The minimum absolute atomic E-state index is 0.118. The van der Waals surface area contributed by atoms with Crippen LogP contribution in [0.5, 0.6) is 0 Å². The number of benzene rings is 1. The lowest BCUT2D eigenvalue weighted by atomic mass is 9.87.